The summed E-state index contributed by atoms with van der Waals surface area (Å²) in [7, 11) is 0. The third-order valence-corrected chi connectivity index (χ3v) is 3.23. The van der Waals surface area contributed by atoms with Crippen LogP contribution in [0.15, 0.2) is 22.8 Å². The number of hydrogen-bond acceptors (Lipinski definition) is 4. The number of nitrogens with one attached hydrogen (secondary N) is 1. The fourth-order valence-electron chi connectivity index (χ4n) is 2.25. The molecule has 1 saturated heterocycles. The average molecular weight is 266 g/mol. The van der Waals surface area contributed by atoms with E-state index in [0.717, 1.165) is 6.42 Å². The van der Waals surface area contributed by atoms with Gasteiger partial charge in [-0.15, -0.1) is 0 Å². The van der Waals surface area contributed by atoms with Gasteiger partial charge in [0, 0.05) is 12.6 Å². The number of carboxylic acid groups (broad SMARTS) is 1. The second-order valence-electron chi connectivity index (χ2n) is 4.85. The number of furan rings is 1. The van der Waals surface area contributed by atoms with Crippen molar-refractivity contribution in [2.45, 2.75) is 38.4 Å². The van der Waals surface area contributed by atoms with E-state index >= 15 is 0 Å². The SMILES string of the molecule is CC1CCN(Cc2ccco2)C(=O)C(CC(=O)O)N1. The first-order valence-electron chi connectivity index (χ1n) is 6.35. The molecule has 1 amide bonds. The van der Waals surface area contributed by atoms with E-state index < -0.39 is 12.0 Å². The van der Waals surface area contributed by atoms with E-state index in [0.29, 0.717) is 18.8 Å². The van der Waals surface area contributed by atoms with Crippen molar-refractivity contribution in [2.75, 3.05) is 6.54 Å². The number of nitrogens with zero attached hydrogens (tertiary/aromatic N) is 1. The Morgan fingerprint density at radius 2 is 2.42 bits per heavy atom. The molecule has 0 aromatic carbocycles. The van der Waals surface area contributed by atoms with Crippen LogP contribution in [0, 0.1) is 0 Å². The zero-order valence-electron chi connectivity index (χ0n) is 10.8. The summed E-state index contributed by atoms with van der Waals surface area (Å²) in [5, 5.41) is 11.9. The summed E-state index contributed by atoms with van der Waals surface area (Å²) in [6.45, 7) is 2.94. The van der Waals surface area contributed by atoms with Crippen molar-refractivity contribution in [1.29, 1.82) is 0 Å². The Hall–Kier alpha value is -1.82. The zero-order chi connectivity index (χ0) is 13.8. The van der Waals surface area contributed by atoms with Gasteiger partial charge in [-0.3, -0.25) is 9.59 Å². The molecule has 2 atom stereocenters. The topological polar surface area (TPSA) is 82.8 Å². The van der Waals surface area contributed by atoms with Crippen molar-refractivity contribution in [2.24, 2.45) is 0 Å². The van der Waals surface area contributed by atoms with E-state index in [1.807, 2.05) is 6.92 Å². The molecule has 2 unspecified atom stereocenters. The fourth-order valence-corrected chi connectivity index (χ4v) is 2.25. The van der Waals surface area contributed by atoms with E-state index in [1.165, 1.54) is 0 Å². The molecule has 0 aliphatic carbocycles. The maximum Gasteiger partial charge on any atom is 0.305 e. The summed E-state index contributed by atoms with van der Waals surface area (Å²) in [6.07, 6.45) is 2.16. The molecule has 2 N–H and O–H groups in total. The minimum absolute atomic E-state index is 0.120. The van der Waals surface area contributed by atoms with Gasteiger partial charge in [-0.1, -0.05) is 0 Å². The van der Waals surface area contributed by atoms with E-state index in [1.54, 1.807) is 23.3 Å². The average Bonchev–Trinajstić information content (AvgIpc) is 2.80. The number of aliphatic carboxylic acids is 1. The van der Waals surface area contributed by atoms with Gasteiger partial charge < -0.3 is 19.7 Å². The van der Waals surface area contributed by atoms with Crippen molar-refractivity contribution in [3.63, 3.8) is 0 Å². The standard InChI is InChI=1S/C13H18N2O4/c1-9-4-5-15(8-10-3-2-6-19-10)13(18)11(14-9)7-12(16)17/h2-3,6,9,11,14H,4-5,7-8H2,1H3,(H,16,17). The molecule has 1 aromatic rings. The minimum atomic E-state index is -0.974. The summed E-state index contributed by atoms with van der Waals surface area (Å²) in [5.74, 6) is -0.446. The molecule has 104 valence electrons. The van der Waals surface area contributed by atoms with Crippen LogP contribution in [0.4, 0.5) is 0 Å². The van der Waals surface area contributed by atoms with Crippen molar-refractivity contribution in [3.05, 3.63) is 24.2 Å². The van der Waals surface area contributed by atoms with Crippen molar-refractivity contribution < 1.29 is 19.1 Å². The zero-order valence-corrected chi connectivity index (χ0v) is 10.8. The van der Waals surface area contributed by atoms with Gasteiger partial charge in [0.1, 0.15) is 5.76 Å². The van der Waals surface area contributed by atoms with Crippen LogP contribution in [0.5, 0.6) is 0 Å². The first-order valence-corrected chi connectivity index (χ1v) is 6.35. The predicted octanol–water partition coefficient (Wildman–Crippen LogP) is 0.833. The van der Waals surface area contributed by atoms with Crippen LogP contribution in [0.2, 0.25) is 0 Å². The molecule has 1 aliphatic rings. The quantitative estimate of drug-likeness (QED) is 0.843. The van der Waals surface area contributed by atoms with Gasteiger partial charge in [0.05, 0.1) is 25.3 Å². The van der Waals surface area contributed by atoms with Crippen LogP contribution in [0.25, 0.3) is 0 Å². The number of hydrogen-bond donors (Lipinski definition) is 2. The highest BCUT2D eigenvalue weighted by molar-refractivity contribution is 5.86. The molecule has 0 bridgehead atoms. The molecule has 2 rings (SSSR count). The number of carboxylic acids is 1. The lowest BCUT2D eigenvalue weighted by Crippen LogP contribution is -2.46. The summed E-state index contributed by atoms with van der Waals surface area (Å²) in [6, 6.07) is 3.04. The lowest BCUT2D eigenvalue weighted by molar-refractivity contribution is -0.142. The van der Waals surface area contributed by atoms with E-state index in [9.17, 15) is 9.59 Å². The number of amides is 1. The molecule has 1 aliphatic heterocycles. The van der Waals surface area contributed by atoms with Crippen molar-refractivity contribution >= 4 is 11.9 Å². The highest BCUT2D eigenvalue weighted by Crippen LogP contribution is 2.14. The summed E-state index contributed by atoms with van der Waals surface area (Å²) in [5.41, 5.74) is 0. The van der Waals surface area contributed by atoms with Crippen LogP contribution >= 0.6 is 0 Å². The van der Waals surface area contributed by atoms with Gasteiger partial charge in [0.25, 0.3) is 0 Å². The molecule has 1 aromatic heterocycles. The van der Waals surface area contributed by atoms with E-state index in [-0.39, 0.29) is 18.4 Å². The molecule has 2 heterocycles. The molecule has 0 radical (unpaired) electrons. The first-order chi connectivity index (χ1) is 9.06. The second-order valence-corrected chi connectivity index (χ2v) is 4.85. The van der Waals surface area contributed by atoms with Crippen LogP contribution in [0.1, 0.15) is 25.5 Å². The van der Waals surface area contributed by atoms with Gasteiger partial charge >= 0.3 is 5.97 Å². The molecular formula is C13H18N2O4. The van der Waals surface area contributed by atoms with Crippen LogP contribution in [-0.4, -0.2) is 40.5 Å². The van der Waals surface area contributed by atoms with Gasteiger partial charge in [0.2, 0.25) is 5.91 Å². The van der Waals surface area contributed by atoms with E-state index in [4.69, 9.17) is 9.52 Å². The molecule has 0 spiro atoms. The Balaban J connectivity index is 2.09. The smallest absolute Gasteiger partial charge is 0.305 e. The minimum Gasteiger partial charge on any atom is -0.481 e. The van der Waals surface area contributed by atoms with Crippen molar-refractivity contribution in [3.8, 4) is 0 Å². The van der Waals surface area contributed by atoms with Gasteiger partial charge in [-0.25, -0.2) is 0 Å². The summed E-state index contributed by atoms with van der Waals surface area (Å²) < 4.78 is 5.24. The predicted molar refractivity (Wildman–Crippen MR) is 67.4 cm³/mol. The second kappa shape index (κ2) is 5.88. The van der Waals surface area contributed by atoms with Gasteiger partial charge in [-0.2, -0.15) is 0 Å². The Morgan fingerprint density at radius 1 is 1.63 bits per heavy atom. The highest BCUT2D eigenvalue weighted by atomic mass is 16.4. The Labute approximate surface area is 111 Å². The Kier molecular flexibility index (Phi) is 4.21. The Bertz CT molecular complexity index is 444. The molecule has 6 heteroatoms. The van der Waals surface area contributed by atoms with Crippen LogP contribution < -0.4 is 5.32 Å². The van der Waals surface area contributed by atoms with Crippen LogP contribution in [0.3, 0.4) is 0 Å². The molecule has 0 saturated carbocycles. The maximum absolute atomic E-state index is 12.3. The molecule has 1 fully saturated rings. The normalized spacial score (nSPS) is 24.3. The molecule has 19 heavy (non-hydrogen) atoms. The summed E-state index contributed by atoms with van der Waals surface area (Å²) in [4.78, 5) is 24.8. The van der Waals surface area contributed by atoms with Crippen molar-refractivity contribution in [1.82, 2.24) is 10.2 Å². The number of carbonyl (C=O) groups excluding carboxylic acids is 1. The number of carbonyl (C=O) groups is 2. The molecule has 6 nitrogen and oxygen atoms in total. The van der Waals surface area contributed by atoms with E-state index in [2.05, 4.69) is 5.32 Å². The lowest BCUT2D eigenvalue weighted by atomic mass is 10.1. The largest absolute Gasteiger partial charge is 0.481 e. The Morgan fingerprint density at radius 3 is 3.05 bits per heavy atom. The van der Waals surface area contributed by atoms with Gasteiger partial charge in [0.15, 0.2) is 0 Å². The molecular weight excluding hydrogens is 248 g/mol. The van der Waals surface area contributed by atoms with Crippen LogP contribution in [-0.2, 0) is 16.1 Å². The summed E-state index contributed by atoms with van der Waals surface area (Å²) >= 11 is 0. The maximum atomic E-state index is 12.3. The lowest BCUT2D eigenvalue weighted by Gasteiger charge is -2.22. The van der Waals surface area contributed by atoms with Gasteiger partial charge in [-0.05, 0) is 25.5 Å². The monoisotopic (exact) mass is 266 g/mol. The number of rotatable bonds is 4. The third-order valence-electron chi connectivity index (χ3n) is 3.23. The first kappa shape index (κ1) is 13.6. The fraction of sp³-hybridized carbons (Fsp3) is 0.538. The highest BCUT2D eigenvalue weighted by Gasteiger charge is 2.31. The third kappa shape index (κ3) is 3.57.